The van der Waals surface area contributed by atoms with Gasteiger partial charge in [0.15, 0.2) is 0 Å². The van der Waals surface area contributed by atoms with Gasteiger partial charge in [-0.25, -0.2) is 0 Å². The first-order valence-corrected chi connectivity index (χ1v) is 6.81. The van der Waals surface area contributed by atoms with Gasteiger partial charge in [0.25, 0.3) is 5.69 Å². The molecule has 6 heteroatoms. The van der Waals surface area contributed by atoms with Gasteiger partial charge in [-0.1, -0.05) is 0 Å². The molecule has 0 aromatic heterocycles. The van der Waals surface area contributed by atoms with E-state index in [0.717, 1.165) is 11.4 Å². The van der Waals surface area contributed by atoms with E-state index in [1.54, 1.807) is 23.9 Å². The highest BCUT2D eigenvalue weighted by atomic mass is 32.2. The summed E-state index contributed by atoms with van der Waals surface area (Å²) in [6.45, 7) is 2.07. The molecule has 1 rings (SSSR count). The summed E-state index contributed by atoms with van der Waals surface area (Å²) in [6, 6.07) is 6.79. The van der Waals surface area contributed by atoms with Crippen molar-refractivity contribution in [3.05, 3.63) is 33.9 Å². The zero-order valence-corrected chi connectivity index (χ0v) is 11.4. The SMILES string of the molecule is CSCC(C)N(C)c1ccc([N+](=O)[O-])c(C#N)c1. The fraction of sp³-hybridized carbons (Fsp3) is 0.417. The Kier molecular flexibility index (Phi) is 4.98. The standard InChI is InChI=1S/C12H15N3O2S/c1-9(8-18-3)14(2)11-4-5-12(15(16)17)10(6-11)7-13/h4-6,9H,8H2,1-3H3. The molecule has 0 aliphatic rings. The summed E-state index contributed by atoms with van der Waals surface area (Å²) in [7, 11) is 1.92. The second-order valence-corrected chi connectivity index (χ2v) is 4.90. The molecular formula is C12H15N3O2S. The molecule has 0 heterocycles. The molecule has 0 N–H and O–H groups in total. The van der Waals surface area contributed by atoms with Gasteiger partial charge in [0.2, 0.25) is 0 Å². The zero-order chi connectivity index (χ0) is 13.7. The van der Waals surface area contributed by atoms with Crippen LogP contribution in [0, 0.1) is 21.4 Å². The van der Waals surface area contributed by atoms with Crippen LogP contribution < -0.4 is 4.90 Å². The van der Waals surface area contributed by atoms with E-state index >= 15 is 0 Å². The molecule has 0 saturated carbocycles. The van der Waals surface area contributed by atoms with Crippen molar-refractivity contribution in [3.8, 4) is 6.07 Å². The van der Waals surface area contributed by atoms with Crippen molar-refractivity contribution in [2.45, 2.75) is 13.0 Å². The van der Waals surface area contributed by atoms with E-state index in [4.69, 9.17) is 5.26 Å². The van der Waals surface area contributed by atoms with Crippen LogP contribution in [0.15, 0.2) is 18.2 Å². The number of hydrogen-bond acceptors (Lipinski definition) is 5. The van der Waals surface area contributed by atoms with Crippen LogP contribution in [0.3, 0.4) is 0 Å². The van der Waals surface area contributed by atoms with E-state index in [1.165, 1.54) is 6.07 Å². The number of nitriles is 1. The average molecular weight is 265 g/mol. The van der Waals surface area contributed by atoms with Gasteiger partial charge in [-0.05, 0) is 25.3 Å². The van der Waals surface area contributed by atoms with Crippen molar-refractivity contribution >= 4 is 23.1 Å². The highest BCUT2D eigenvalue weighted by Gasteiger charge is 2.16. The molecule has 0 aliphatic carbocycles. The minimum absolute atomic E-state index is 0.0979. The van der Waals surface area contributed by atoms with Crippen LogP contribution in [0.5, 0.6) is 0 Å². The Morgan fingerprint density at radius 2 is 2.28 bits per heavy atom. The first-order valence-electron chi connectivity index (χ1n) is 5.41. The fourth-order valence-corrected chi connectivity index (χ4v) is 2.31. The van der Waals surface area contributed by atoms with Crippen molar-refractivity contribution < 1.29 is 4.92 Å². The second kappa shape index (κ2) is 6.26. The fourth-order valence-electron chi connectivity index (χ4n) is 1.60. The number of nitrogens with zero attached hydrogens (tertiary/aromatic N) is 3. The highest BCUT2D eigenvalue weighted by molar-refractivity contribution is 7.98. The summed E-state index contributed by atoms with van der Waals surface area (Å²) in [6.07, 6.45) is 2.03. The van der Waals surface area contributed by atoms with Gasteiger partial charge in [0.05, 0.1) is 4.92 Å². The summed E-state index contributed by atoms with van der Waals surface area (Å²) in [4.78, 5) is 12.2. The smallest absolute Gasteiger partial charge is 0.287 e. The lowest BCUT2D eigenvalue weighted by molar-refractivity contribution is -0.385. The van der Waals surface area contributed by atoms with Crippen molar-refractivity contribution in [3.63, 3.8) is 0 Å². The minimum atomic E-state index is -0.534. The lowest BCUT2D eigenvalue weighted by atomic mass is 10.1. The van der Waals surface area contributed by atoms with E-state index < -0.39 is 4.92 Å². The molecule has 1 atom stereocenters. The van der Waals surface area contributed by atoms with Crippen LogP contribution in [-0.2, 0) is 0 Å². The van der Waals surface area contributed by atoms with Gasteiger partial charge in [0.1, 0.15) is 11.6 Å². The van der Waals surface area contributed by atoms with Gasteiger partial charge in [0, 0.05) is 30.6 Å². The van der Waals surface area contributed by atoms with E-state index in [2.05, 4.69) is 6.92 Å². The van der Waals surface area contributed by atoms with Crippen LogP contribution >= 0.6 is 11.8 Å². The summed E-state index contributed by atoms with van der Waals surface area (Å²) in [5.41, 5.74) is 0.770. The highest BCUT2D eigenvalue weighted by Crippen LogP contribution is 2.25. The zero-order valence-electron chi connectivity index (χ0n) is 10.6. The van der Waals surface area contributed by atoms with Crippen LogP contribution in [0.2, 0.25) is 0 Å². The Morgan fingerprint density at radius 3 is 2.78 bits per heavy atom. The Bertz CT molecular complexity index is 485. The van der Waals surface area contributed by atoms with E-state index in [9.17, 15) is 10.1 Å². The number of thioether (sulfide) groups is 1. The Labute approximate surface area is 111 Å². The maximum absolute atomic E-state index is 10.7. The number of anilines is 1. The van der Waals surface area contributed by atoms with Crippen LogP contribution in [0.4, 0.5) is 11.4 Å². The maximum atomic E-state index is 10.7. The third-order valence-electron chi connectivity index (χ3n) is 2.77. The molecule has 0 spiro atoms. The van der Waals surface area contributed by atoms with Gasteiger partial charge in [-0.3, -0.25) is 10.1 Å². The largest absolute Gasteiger partial charge is 0.371 e. The number of nitro groups is 1. The normalized spacial score (nSPS) is 11.7. The molecular weight excluding hydrogens is 250 g/mol. The maximum Gasteiger partial charge on any atom is 0.287 e. The van der Waals surface area contributed by atoms with Gasteiger partial charge in [-0.15, -0.1) is 0 Å². The third kappa shape index (κ3) is 3.14. The quantitative estimate of drug-likeness (QED) is 0.604. The number of hydrogen-bond donors (Lipinski definition) is 0. The molecule has 0 aliphatic heterocycles. The second-order valence-electron chi connectivity index (χ2n) is 3.99. The van der Waals surface area contributed by atoms with Crippen LogP contribution in [0.25, 0.3) is 0 Å². The molecule has 1 aromatic rings. The molecule has 0 amide bonds. The van der Waals surface area contributed by atoms with Crippen molar-refractivity contribution in [2.24, 2.45) is 0 Å². The van der Waals surface area contributed by atoms with Crippen molar-refractivity contribution in [1.29, 1.82) is 5.26 Å². The van der Waals surface area contributed by atoms with Crippen molar-refractivity contribution in [1.82, 2.24) is 0 Å². The Balaban J connectivity index is 3.06. The lowest BCUT2D eigenvalue weighted by Gasteiger charge is -2.26. The molecule has 0 bridgehead atoms. The predicted octanol–water partition coefficient (Wildman–Crippen LogP) is 2.65. The van der Waals surface area contributed by atoms with Crippen molar-refractivity contribution in [2.75, 3.05) is 24.0 Å². The first-order chi connectivity index (χ1) is 8.51. The Morgan fingerprint density at radius 1 is 1.61 bits per heavy atom. The van der Waals surface area contributed by atoms with E-state index in [0.29, 0.717) is 6.04 Å². The summed E-state index contributed by atoms with van der Waals surface area (Å²) < 4.78 is 0. The summed E-state index contributed by atoms with van der Waals surface area (Å²) in [5.74, 6) is 0.954. The number of rotatable bonds is 5. The Hall–Kier alpha value is -1.74. The van der Waals surface area contributed by atoms with Crippen LogP contribution in [0.1, 0.15) is 12.5 Å². The lowest BCUT2D eigenvalue weighted by Crippen LogP contribution is -2.30. The topological polar surface area (TPSA) is 70.2 Å². The number of nitro benzene ring substituents is 1. The monoisotopic (exact) mass is 265 g/mol. The first kappa shape index (κ1) is 14.3. The number of benzene rings is 1. The molecule has 96 valence electrons. The molecule has 1 unspecified atom stereocenters. The predicted molar refractivity (Wildman–Crippen MR) is 74.1 cm³/mol. The molecule has 1 aromatic carbocycles. The summed E-state index contributed by atoms with van der Waals surface area (Å²) in [5, 5.41) is 19.7. The van der Waals surface area contributed by atoms with E-state index in [-0.39, 0.29) is 11.3 Å². The van der Waals surface area contributed by atoms with Gasteiger partial charge in [-0.2, -0.15) is 17.0 Å². The molecule has 5 nitrogen and oxygen atoms in total. The minimum Gasteiger partial charge on any atom is -0.371 e. The summed E-state index contributed by atoms with van der Waals surface area (Å²) >= 11 is 1.74. The molecule has 18 heavy (non-hydrogen) atoms. The van der Waals surface area contributed by atoms with Gasteiger partial charge < -0.3 is 4.90 Å². The average Bonchev–Trinajstić information content (AvgIpc) is 2.37. The molecule has 0 saturated heterocycles. The molecule has 0 fully saturated rings. The molecule has 0 radical (unpaired) electrons. The van der Waals surface area contributed by atoms with E-state index in [1.807, 2.05) is 24.3 Å². The van der Waals surface area contributed by atoms with Crippen LogP contribution in [-0.4, -0.2) is 30.0 Å². The van der Waals surface area contributed by atoms with Gasteiger partial charge >= 0.3 is 0 Å². The third-order valence-corrected chi connectivity index (χ3v) is 3.59.